The lowest BCUT2D eigenvalue weighted by Crippen LogP contribution is -2.34. The Labute approximate surface area is 115 Å². The summed E-state index contributed by atoms with van der Waals surface area (Å²) >= 11 is 2.15. The summed E-state index contributed by atoms with van der Waals surface area (Å²) in [5, 5.41) is 9.77. The molecule has 4 heteroatoms. The summed E-state index contributed by atoms with van der Waals surface area (Å²) in [5.74, 6) is 0.555. The van der Waals surface area contributed by atoms with Crippen molar-refractivity contribution < 1.29 is 9.90 Å². The van der Waals surface area contributed by atoms with E-state index in [0.717, 1.165) is 16.5 Å². The van der Waals surface area contributed by atoms with Crippen molar-refractivity contribution in [1.82, 2.24) is 4.90 Å². The molecule has 0 spiro atoms. The zero-order chi connectivity index (χ0) is 12.6. The molecule has 2 unspecified atom stereocenters. The van der Waals surface area contributed by atoms with Gasteiger partial charge in [0, 0.05) is 16.2 Å². The van der Waals surface area contributed by atoms with Gasteiger partial charge in [-0.25, -0.2) is 0 Å². The molecule has 92 valence electrons. The van der Waals surface area contributed by atoms with Crippen molar-refractivity contribution in [1.29, 1.82) is 0 Å². The van der Waals surface area contributed by atoms with Gasteiger partial charge in [0.05, 0.1) is 5.56 Å². The molecule has 2 atom stereocenters. The highest BCUT2D eigenvalue weighted by Gasteiger charge is 2.31. The molecule has 0 aromatic heterocycles. The molecule has 2 rings (SSSR count). The largest absolute Gasteiger partial charge is 0.507 e. The van der Waals surface area contributed by atoms with Crippen LogP contribution in [0.2, 0.25) is 0 Å². The number of likely N-dealkylation sites (tertiary alicyclic amines) is 1. The number of halogens is 1. The number of carbonyl (C=O) groups excluding carboxylic acids is 1. The third kappa shape index (κ3) is 2.56. The third-order valence-electron chi connectivity index (χ3n) is 3.23. The van der Waals surface area contributed by atoms with Crippen molar-refractivity contribution in [3.63, 3.8) is 0 Å². The van der Waals surface area contributed by atoms with Gasteiger partial charge < -0.3 is 10.0 Å². The Morgan fingerprint density at radius 3 is 2.76 bits per heavy atom. The van der Waals surface area contributed by atoms with Crippen LogP contribution in [0, 0.1) is 9.49 Å². The van der Waals surface area contributed by atoms with Gasteiger partial charge in [0.25, 0.3) is 5.91 Å². The van der Waals surface area contributed by atoms with Crippen LogP contribution in [0.1, 0.15) is 30.6 Å². The fraction of sp³-hybridized carbons (Fsp3) is 0.462. The van der Waals surface area contributed by atoms with Crippen LogP contribution in [0.25, 0.3) is 0 Å². The molecular formula is C13H16INO2. The van der Waals surface area contributed by atoms with E-state index in [0.29, 0.717) is 11.5 Å². The molecule has 1 heterocycles. The molecule has 0 radical (unpaired) electrons. The maximum atomic E-state index is 12.3. The van der Waals surface area contributed by atoms with Gasteiger partial charge in [-0.1, -0.05) is 6.92 Å². The normalized spacial score (nSPS) is 24.1. The van der Waals surface area contributed by atoms with Gasteiger partial charge in [0.2, 0.25) is 0 Å². The molecule has 1 amide bonds. The summed E-state index contributed by atoms with van der Waals surface area (Å²) < 4.78 is 0.962. The first kappa shape index (κ1) is 12.7. The first-order chi connectivity index (χ1) is 7.99. The average molecular weight is 345 g/mol. The number of nitrogens with zero attached hydrogens (tertiary/aromatic N) is 1. The Hall–Kier alpha value is -0.780. The predicted molar refractivity (Wildman–Crippen MR) is 75.1 cm³/mol. The minimum atomic E-state index is -0.0575. The second-order valence-corrected chi connectivity index (χ2v) is 6.05. The van der Waals surface area contributed by atoms with Crippen LogP contribution in [-0.2, 0) is 0 Å². The molecule has 3 nitrogen and oxygen atoms in total. The van der Waals surface area contributed by atoms with Crippen LogP contribution < -0.4 is 0 Å². The van der Waals surface area contributed by atoms with E-state index >= 15 is 0 Å². The third-order valence-corrected chi connectivity index (χ3v) is 3.90. The van der Waals surface area contributed by atoms with Crippen LogP contribution in [0.15, 0.2) is 18.2 Å². The Bertz CT molecular complexity index is 447. The standard InChI is InChI=1S/C13H16INO2/c1-8-5-9(2)15(7-8)13(17)11-6-10(14)3-4-12(11)16/h3-4,6,8-9,16H,5,7H2,1-2H3. The summed E-state index contributed by atoms with van der Waals surface area (Å²) in [5.41, 5.74) is 0.415. The Kier molecular flexibility index (Phi) is 3.61. The lowest BCUT2D eigenvalue weighted by Gasteiger charge is -2.22. The molecule has 0 bridgehead atoms. The number of hydrogen-bond donors (Lipinski definition) is 1. The van der Waals surface area contributed by atoms with Crippen molar-refractivity contribution >= 4 is 28.5 Å². The number of rotatable bonds is 1. The van der Waals surface area contributed by atoms with E-state index in [-0.39, 0.29) is 17.7 Å². The zero-order valence-corrected chi connectivity index (χ0v) is 12.1. The molecule has 1 aliphatic heterocycles. The van der Waals surface area contributed by atoms with Crippen molar-refractivity contribution in [3.05, 3.63) is 27.3 Å². The van der Waals surface area contributed by atoms with Crippen molar-refractivity contribution in [3.8, 4) is 5.75 Å². The molecule has 1 aromatic rings. The fourth-order valence-electron chi connectivity index (χ4n) is 2.42. The van der Waals surface area contributed by atoms with Crippen LogP contribution in [0.5, 0.6) is 5.75 Å². The number of hydrogen-bond acceptors (Lipinski definition) is 2. The molecule has 1 saturated heterocycles. The Morgan fingerprint density at radius 1 is 1.47 bits per heavy atom. The maximum Gasteiger partial charge on any atom is 0.257 e. The average Bonchev–Trinajstić information content (AvgIpc) is 2.60. The predicted octanol–water partition coefficient (Wildman–Crippen LogP) is 2.87. The van der Waals surface area contributed by atoms with Gasteiger partial charge in [-0.2, -0.15) is 0 Å². The SMILES string of the molecule is CC1CC(C)N(C(=O)c2cc(I)ccc2O)C1. The molecule has 1 N–H and O–H groups in total. The molecule has 1 aliphatic rings. The lowest BCUT2D eigenvalue weighted by molar-refractivity contribution is 0.0740. The van der Waals surface area contributed by atoms with Gasteiger partial charge >= 0.3 is 0 Å². The summed E-state index contributed by atoms with van der Waals surface area (Å²) in [7, 11) is 0. The molecule has 17 heavy (non-hydrogen) atoms. The first-order valence-electron chi connectivity index (χ1n) is 5.78. The maximum absolute atomic E-state index is 12.3. The van der Waals surface area contributed by atoms with E-state index in [4.69, 9.17) is 0 Å². The quantitative estimate of drug-likeness (QED) is 0.796. The lowest BCUT2D eigenvalue weighted by atomic mass is 10.1. The summed E-state index contributed by atoms with van der Waals surface area (Å²) in [6, 6.07) is 5.38. The molecule has 0 saturated carbocycles. The molecule has 1 aromatic carbocycles. The number of amides is 1. The topological polar surface area (TPSA) is 40.5 Å². The smallest absolute Gasteiger partial charge is 0.257 e. The Balaban J connectivity index is 2.28. The minimum absolute atomic E-state index is 0.0575. The van der Waals surface area contributed by atoms with E-state index in [1.54, 1.807) is 18.2 Å². The van der Waals surface area contributed by atoms with E-state index in [1.807, 2.05) is 4.90 Å². The van der Waals surface area contributed by atoms with Gasteiger partial charge in [-0.3, -0.25) is 4.79 Å². The van der Waals surface area contributed by atoms with Crippen molar-refractivity contribution in [2.24, 2.45) is 5.92 Å². The minimum Gasteiger partial charge on any atom is -0.507 e. The first-order valence-corrected chi connectivity index (χ1v) is 6.86. The second kappa shape index (κ2) is 4.84. The molecular weight excluding hydrogens is 329 g/mol. The monoisotopic (exact) mass is 345 g/mol. The zero-order valence-electron chi connectivity index (χ0n) is 9.98. The van der Waals surface area contributed by atoms with E-state index in [9.17, 15) is 9.90 Å². The van der Waals surface area contributed by atoms with Gasteiger partial charge in [-0.15, -0.1) is 0 Å². The van der Waals surface area contributed by atoms with Crippen LogP contribution >= 0.6 is 22.6 Å². The second-order valence-electron chi connectivity index (χ2n) is 4.81. The van der Waals surface area contributed by atoms with Crippen LogP contribution in [0.4, 0.5) is 0 Å². The van der Waals surface area contributed by atoms with Crippen molar-refractivity contribution in [2.45, 2.75) is 26.3 Å². The molecule has 0 aliphatic carbocycles. The number of phenolic OH excluding ortho intramolecular Hbond substituents is 1. The fourth-order valence-corrected chi connectivity index (χ4v) is 2.91. The number of phenols is 1. The Morgan fingerprint density at radius 2 is 2.18 bits per heavy atom. The number of benzene rings is 1. The van der Waals surface area contributed by atoms with E-state index in [2.05, 4.69) is 36.4 Å². The van der Waals surface area contributed by atoms with Crippen LogP contribution in [-0.4, -0.2) is 28.5 Å². The molecule has 1 fully saturated rings. The highest BCUT2D eigenvalue weighted by atomic mass is 127. The highest BCUT2D eigenvalue weighted by Crippen LogP contribution is 2.27. The van der Waals surface area contributed by atoms with E-state index in [1.165, 1.54) is 0 Å². The van der Waals surface area contributed by atoms with Crippen LogP contribution in [0.3, 0.4) is 0 Å². The van der Waals surface area contributed by atoms with E-state index < -0.39 is 0 Å². The van der Waals surface area contributed by atoms with Gasteiger partial charge in [0.1, 0.15) is 5.75 Å². The summed E-state index contributed by atoms with van der Waals surface area (Å²) in [6.45, 7) is 5.00. The highest BCUT2D eigenvalue weighted by molar-refractivity contribution is 14.1. The summed E-state index contributed by atoms with van der Waals surface area (Å²) in [6.07, 6.45) is 1.04. The number of carbonyl (C=O) groups is 1. The number of aromatic hydroxyl groups is 1. The van der Waals surface area contributed by atoms with Crippen molar-refractivity contribution in [2.75, 3.05) is 6.54 Å². The van der Waals surface area contributed by atoms with Gasteiger partial charge in [-0.05, 0) is 60.1 Å². The summed E-state index contributed by atoms with van der Waals surface area (Å²) in [4.78, 5) is 14.2. The van der Waals surface area contributed by atoms with Gasteiger partial charge in [0.15, 0.2) is 0 Å².